The lowest BCUT2D eigenvalue weighted by molar-refractivity contribution is 0.138. The van der Waals surface area contributed by atoms with E-state index in [2.05, 4.69) is 35.7 Å². The topological polar surface area (TPSA) is 32.5 Å². The summed E-state index contributed by atoms with van der Waals surface area (Å²) in [6.07, 6.45) is 2.29. The minimum Gasteiger partial charge on any atom is -0.320 e. The van der Waals surface area contributed by atoms with Gasteiger partial charge in [-0.05, 0) is 52.2 Å². The summed E-state index contributed by atoms with van der Waals surface area (Å²) in [6.45, 7) is 3.17. The first-order valence-electron chi connectivity index (χ1n) is 7.46. The third-order valence-electron chi connectivity index (χ3n) is 4.12. The van der Waals surface area contributed by atoms with E-state index in [4.69, 9.17) is 5.73 Å². The molecule has 0 amide bonds. The quantitative estimate of drug-likeness (QED) is 0.859. The van der Waals surface area contributed by atoms with E-state index in [9.17, 15) is 4.39 Å². The van der Waals surface area contributed by atoms with Crippen LogP contribution in [0.15, 0.2) is 18.2 Å². The molecule has 0 atom stereocenters. The molecule has 1 heterocycles. The molecule has 0 bridgehead atoms. The van der Waals surface area contributed by atoms with E-state index in [0.717, 1.165) is 31.5 Å². The van der Waals surface area contributed by atoms with Crippen molar-refractivity contribution in [3.8, 4) is 11.8 Å². The Hall–Kier alpha value is -1.41. The van der Waals surface area contributed by atoms with Crippen molar-refractivity contribution in [3.63, 3.8) is 0 Å². The van der Waals surface area contributed by atoms with E-state index in [-0.39, 0.29) is 5.82 Å². The summed E-state index contributed by atoms with van der Waals surface area (Å²) in [5, 5.41) is 0. The van der Waals surface area contributed by atoms with Crippen molar-refractivity contribution in [2.75, 3.05) is 33.7 Å². The molecule has 0 aliphatic carbocycles. The van der Waals surface area contributed by atoms with Crippen LogP contribution in [0.3, 0.4) is 0 Å². The number of nitrogens with two attached hydrogens (primary N) is 1. The maximum absolute atomic E-state index is 14.1. The Balaban J connectivity index is 1.99. The molecule has 0 unspecified atom stereocenters. The van der Waals surface area contributed by atoms with E-state index >= 15 is 0 Å². The molecule has 1 aliphatic heterocycles. The van der Waals surface area contributed by atoms with Crippen LogP contribution in [-0.4, -0.2) is 49.6 Å². The van der Waals surface area contributed by atoms with Gasteiger partial charge in [0, 0.05) is 23.7 Å². The molecule has 0 radical (unpaired) electrons. The normalized spacial score (nSPS) is 16.8. The Bertz CT molecular complexity index is 525. The predicted octanol–water partition coefficient (Wildman–Crippen LogP) is 1.66. The van der Waals surface area contributed by atoms with Crippen LogP contribution in [0.25, 0.3) is 0 Å². The largest absolute Gasteiger partial charge is 0.320 e. The lowest BCUT2D eigenvalue weighted by Crippen LogP contribution is -2.41. The maximum Gasteiger partial charge on any atom is 0.128 e. The highest BCUT2D eigenvalue weighted by Crippen LogP contribution is 2.18. The first kappa shape index (κ1) is 16.0. The summed E-state index contributed by atoms with van der Waals surface area (Å²) in [7, 11) is 4.23. The van der Waals surface area contributed by atoms with Crippen molar-refractivity contribution in [1.82, 2.24) is 9.80 Å². The zero-order chi connectivity index (χ0) is 15.2. The molecule has 2 rings (SSSR count). The van der Waals surface area contributed by atoms with Crippen molar-refractivity contribution in [1.29, 1.82) is 0 Å². The van der Waals surface area contributed by atoms with Crippen LogP contribution < -0.4 is 5.73 Å². The Morgan fingerprint density at radius 1 is 1.38 bits per heavy atom. The number of halogens is 1. The minimum absolute atomic E-state index is 0.182. The molecule has 0 aromatic heterocycles. The average Bonchev–Trinajstić information content (AvgIpc) is 2.48. The van der Waals surface area contributed by atoms with Gasteiger partial charge in [0.2, 0.25) is 0 Å². The van der Waals surface area contributed by atoms with Crippen molar-refractivity contribution in [2.24, 2.45) is 5.73 Å². The smallest absolute Gasteiger partial charge is 0.128 e. The molecule has 1 fully saturated rings. The summed E-state index contributed by atoms with van der Waals surface area (Å²) >= 11 is 0. The molecule has 1 aromatic rings. The summed E-state index contributed by atoms with van der Waals surface area (Å²) < 4.78 is 14.1. The van der Waals surface area contributed by atoms with Crippen LogP contribution in [0, 0.1) is 17.7 Å². The molecule has 3 nitrogen and oxygen atoms in total. The summed E-state index contributed by atoms with van der Waals surface area (Å²) in [6, 6.07) is 5.74. The van der Waals surface area contributed by atoms with Gasteiger partial charge < -0.3 is 10.6 Å². The first-order valence-corrected chi connectivity index (χ1v) is 7.46. The van der Waals surface area contributed by atoms with Gasteiger partial charge in [0.25, 0.3) is 0 Å². The molecule has 0 saturated carbocycles. The fourth-order valence-electron chi connectivity index (χ4n) is 2.74. The van der Waals surface area contributed by atoms with Gasteiger partial charge in [-0.2, -0.15) is 0 Å². The Labute approximate surface area is 126 Å². The van der Waals surface area contributed by atoms with E-state index in [1.165, 1.54) is 6.07 Å². The Kier molecular flexibility index (Phi) is 5.75. The number of rotatable bonds is 3. The number of hydrogen-bond donors (Lipinski definition) is 1. The van der Waals surface area contributed by atoms with Crippen LogP contribution in [0.2, 0.25) is 0 Å². The third-order valence-corrected chi connectivity index (χ3v) is 4.12. The van der Waals surface area contributed by atoms with Gasteiger partial charge in [-0.15, -0.1) is 0 Å². The van der Waals surface area contributed by atoms with Gasteiger partial charge >= 0.3 is 0 Å². The molecule has 21 heavy (non-hydrogen) atoms. The lowest BCUT2D eigenvalue weighted by atomic mass is 10.0. The molecular weight excluding hydrogens is 265 g/mol. The van der Waals surface area contributed by atoms with Gasteiger partial charge in [0.05, 0.1) is 6.54 Å². The highest BCUT2D eigenvalue weighted by atomic mass is 19.1. The molecule has 4 heteroatoms. The van der Waals surface area contributed by atoms with E-state index < -0.39 is 0 Å². The van der Waals surface area contributed by atoms with Crippen molar-refractivity contribution < 1.29 is 4.39 Å². The van der Waals surface area contributed by atoms with Gasteiger partial charge in [0.15, 0.2) is 0 Å². The number of nitrogens with zero attached hydrogens (tertiary/aromatic N) is 2. The molecule has 1 saturated heterocycles. The number of benzene rings is 1. The third kappa shape index (κ3) is 4.53. The number of likely N-dealkylation sites (tertiary alicyclic amines) is 1. The van der Waals surface area contributed by atoms with Crippen molar-refractivity contribution in [2.45, 2.75) is 25.4 Å². The minimum atomic E-state index is -0.182. The van der Waals surface area contributed by atoms with Crippen LogP contribution in [0.5, 0.6) is 0 Å². The van der Waals surface area contributed by atoms with Crippen LogP contribution in [-0.2, 0) is 6.54 Å². The van der Waals surface area contributed by atoms with E-state index in [0.29, 0.717) is 24.7 Å². The molecule has 1 aromatic carbocycles. The molecule has 2 N–H and O–H groups in total. The molecule has 0 spiro atoms. The van der Waals surface area contributed by atoms with Crippen molar-refractivity contribution in [3.05, 3.63) is 35.1 Å². The molecule has 114 valence electrons. The van der Waals surface area contributed by atoms with Gasteiger partial charge in [-0.1, -0.05) is 17.9 Å². The van der Waals surface area contributed by atoms with Gasteiger partial charge in [0.1, 0.15) is 5.82 Å². The summed E-state index contributed by atoms with van der Waals surface area (Å²) in [4.78, 5) is 4.60. The van der Waals surface area contributed by atoms with E-state index in [1.54, 1.807) is 0 Å². The second-order valence-electron chi connectivity index (χ2n) is 5.76. The zero-order valence-electron chi connectivity index (χ0n) is 12.9. The fourth-order valence-corrected chi connectivity index (χ4v) is 2.74. The Morgan fingerprint density at radius 3 is 2.71 bits per heavy atom. The van der Waals surface area contributed by atoms with Crippen LogP contribution in [0.4, 0.5) is 4.39 Å². The number of hydrogen-bond acceptors (Lipinski definition) is 3. The highest BCUT2D eigenvalue weighted by molar-refractivity contribution is 5.37. The summed E-state index contributed by atoms with van der Waals surface area (Å²) in [5.41, 5.74) is 6.74. The van der Waals surface area contributed by atoms with Gasteiger partial charge in [-0.25, -0.2) is 4.39 Å². The van der Waals surface area contributed by atoms with Crippen LogP contribution >= 0.6 is 0 Å². The van der Waals surface area contributed by atoms with Crippen LogP contribution in [0.1, 0.15) is 24.0 Å². The first-order chi connectivity index (χ1) is 10.1. The lowest BCUT2D eigenvalue weighted by Gasteiger charge is -2.35. The molecular formula is C17H24FN3. The second-order valence-corrected chi connectivity index (χ2v) is 5.76. The maximum atomic E-state index is 14.1. The summed E-state index contributed by atoms with van der Waals surface area (Å²) in [5.74, 6) is 5.42. The van der Waals surface area contributed by atoms with E-state index in [1.807, 2.05) is 12.1 Å². The monoisotopic (exact) mass is 289 g/mol. The second kappa shape index (κ2) is 7.56. The van der Waals surface area contributed by atoms with Gasteiger partial charge in [-0.3, -0.25) is 4.90 Å². The Morgan fingerprint density at radius 2 is 2.10 bits per heavy atom. The predicted molar refractivity (Wildman–Crippen MR) is 84.3 cm³/mol. The highest BCUT2D eigenvalue weighted by Gasteiger charge is 2.21. The SMILES string of the molecule is CN1CCC(N(C)Cc2ccc(C#CCN)cc2F)CC1. The van der Waals surface area contributed by atoms with Crippen molar-refractivity contribution >= 4 is 0 Å². The fraction of sp³-hybridized carbons (Fsp3) is 0.529. The zero-order valence-corrected chi connectivity index (χ0v) is 12.9. The standard InChI is InChI=1S/C17H24FN3/c1-20-10-7-16(8-11-20)21(2)13-15-6-5-14(4-3-9-19)12-17(15)18/h5-6,12,16H,7-11,13,19H2,1-2H3. The number of piperidine rings is 1. The molecule has 1 aliphatic rings. The average molecular weight is 289 g/mol.